The molecule has 50 heavy (non-hydrogen) atoms. The standard InChI is InChI=1S/C40H32N2O6S2/c1-40(47-36-26-49-38-18-10-8-16-31(36)38,48-37-27-50-39-19-11-9-17-32(37)39)41(23-28-12-4-2-5-13-28)24-34(43)30-20-21-35(33(22-30)42(44)45)46-25-29-14-6-3-7-15-29/h2-22,26-27H,23-25H2,1H3. The minimum absolute atomic E-state index is 0.0849. The van der Waals surface area contributed by atoms with Gasteiger partial charge in [-0.25, -0.2) is 4.90 Å². The summed E-state index contributed by atoms with van der Waals surface area (Å²) in [6.45, 7) is 2.08. The topological polar surface area (TPSA) is 91.1 Å². The molecule has 250 valence electrons. The molecule has 2 heterocycles. The van der Waals surface area contributed by atoms with Crippen LogP contribution < -0.4 is 14.2 Å². The first-order valence-corrected chi connectivity index (χ1v) is 17.7. The Balaban J connectivity index is 1.25. The highest BCUT2D eigenvalue weighted by atomic mass is 32.1. The molecule has 0 N–H and O–H groups in total. The summed E-state index contributed by atoms with van der Waals surface area (Å²) < 4.78 is 21.6. The summed E-state index contributed by atoms with van der Waals surface area (Å²) in [5.41, 5.74) is 1.69. The van der Waals surface area contributed by atoms with E-state index in [4.69, 9.17) is 14.2 Å². The highest BCUT2D eigenvalue weighted by Gasteiger charge is 2.40. The van der Waals surface area contributed by atoms with Gasteiger partial charge >= 0.3 is 11.6 Å². The monoisotopic (exact) mass is 700 g/mol. The van der Waals surface area contributed by atoms with Gasteiger partial charge in [-0.1, -0.05) is 84.9 Å². The van der Waals surface area contributed by atoms with Crippen molar-refractivity contribution in [2.24, 2.45) is 0 Å². The summed E-state index contributed by atoms with van der Waals surface area (Å²) in [5.74, 6) is -0.518. The van der Waals surface area contributed by atoms with Gasteiger partial charge in [-0.05, 0) is 47.5 Å². The molecule has 0 aliphatic heterocycles. The molecule has 0 spiro atoms. The van der Waals surface area contributed by atoms with Crippen LogP contribution in [0.2, 0.25) is 0 Å². The fourth-order valence-electron chi connectivity index (χ4n) is 5.73. The molecular formula is C40H32N2O6S2. The molecule has 7 rings (SSSR count). The normalized spacial score (nSPS) is 11.6. The van der Waals surface area contributed by atoms with Crippen molar-refractivity contribution in [3.63, 3.8) is 0 Å². The molecule has 8 nitrogen and oxygen atoms in total. The van der Waals surface area contributed by atoms with Crippen LogP contribution in [-0.4, -0.2) is 28.1 Å². The lowest BCUT2D eigenvalue weighted by Crippen LogP contribution is -2.56. The number of carbonyl (C=O) groups is 1. The van der Waals surface area contributed by atoms with Gasteiger partial charge in [0.15, 0.2) is 11.5 Å². The Morgan fingerprint density at radius 3 is 1.84 bits per heavy atom. The first kappa shape index (κ1) is 33.0. The largest absolute Gasteiger partial charge is 0.482 e. The quantitative estimate of drug-likeness (QED) is 0.0483. The van der Waals surface area contributed by atoms with Gasteiger partial charge in [0.25, 0.3) is 0 Å². The fraction of sp³-hybridized carbons (Fsp3) is 0.125. The third-order valence-electron chi connectivity index (χ3n) is 8.33. The molecule has 0 atom stereocenters. The minimum atomic E-state index is -1.50. The minimum Gasteiger partial charge on any atom is -0.482 e. The predicted molar refractivity (Wildman–Crippen MR) is 198 cm³/mol. The van der Waals surface area contributed by atoms with E-state index in [1.165, 1.54) is 12.1 Å². The molecule has 0 bridgehead atoms. The van der Waals surface area contributed by atoms with Crippen LogP contribution in [0.4, 0.5) is 5.69 Å². The first-order valence-electron chi connectivity index (χ1n) is 15.9. The van der Waals surface area contributed by atoms with Gasteiger partial charge in [-0.3, -0.25) is 14.9 Å². The van der Waals surface area contributed by atoms with E-state index < -0.39 is 10.8 Å². The Morgan fingerprint density at radius 1 is 0.720 bits per heavy atom. The maximum absolute atomic E-state index is 14.2. The number of nitrogens with zero attached hydrogens (tertiary/aromatic N) is 2. The van der Waals surface area contributed by atoms with E-state index in [1.807, 2.05) is 132 Å². The highest BCUT2D eigenvalue weighted by Crippen LogP contribution is 2.39. The number of fused-ring (bicyclic) bond motifs is 2. The molecule has 5 aromatic carbocycles. The van der Waals surface area contributed by atoms with Gasteiger partial charge < -0.3 is 14.2 Å². The Morgan fingerprint density at radius 2 is 1.26 bits per heavy atom. The molecule has 0 aliphatic rings. The van der Waals surface area contributed by atoms with Gasteiger partial charge in [0.1, 0.15) is 18.1 Å². The van der Waals surface area contributed by atoms with Crippen molar-refractivity contribution in [1.29, 1.82) is 0 Å². The Bertz CT molecular complexity index is 2190. The average molecular weight is 701 g/mol. The van der Waals surface area contributed by atoms with Crippen LogP contribution in [0, 0.1) is 10.1 Å². The Hall–Kier alpha value is -5.55. The third kappa shape index (κ3) is 7.23. The maximum Gasteiger partial charge on any atom is 0.313 e. The van der Waals surface area contributed by atoms with E-state index in [1.54, 1.807) is 28.7 Å². The lowest BCUT2D eigenvalue weighted by atomic mass is 10.1. The zero-order chi connectivity index (χ0) is 34.5. The molecule has 0 radical (unpaired) electrons. The summed E-state index contributed by atoms with van der Waals surface area (Å²) in [7, 11) is 0. The predicted octanol–water partition coefficient (Wildman–Crippen LogP) is 10.1. The first-order chi connectivity index (χ1) is 24.4. The zero-order valence-corrected chi connectivity index (χ0v) is 28.7. The fourth-order valence-corrected chi connectivity index (χ4v) is 7.45. The second-order valence-electron chi connectivity index (χ2n) is 11.8. The number of thiophene rings is 2. The van der Waals surface area contributed by atoms with Gasteiger partial charge in [0.05, 0.1) is 11.5 Å². The molecule has 7 aromatic rings. The Kier molecular flexibility index (Phi) is 9.57. The summed E-state index contributed by atoms with van der Waals surface area (Å²) >= 11 is 3.12. The lowest BCUT2D eigenvalue weighted by molar-refractivity contribution is -0.386. The number of rotatable bonds is 14. The molecule has 0 amide bonds. The number of hydrogen-bond donors (Lipinski definition) is 0. The second-order valence-corrected chi connectivity index (χ2v) is 13.6. The van der Waals surface area contributed by atoms with Gasteiger partial charge in [-0.15, -0.1) is 22.7 Å². The van der Waals surface area contributed by atoms with Crippen molar-refractivity contribution in [2.45, 2.75) is 26.0 Å². The summed E-state index contributed by atoms with van der Waals surface area (Å²) in [4.78, 5) is 27.6. The van der Waals surface area contributed by atoms with Crippen molar-refractivity contribution in [1.82, 2.24) is 4.90 Å². The summed E-state index contributed by atoms with van der Waals surface area (Å²) in [6.07, 6.45) is 0. The van der Waals surface area contributed by atoms with E-state index in [-0.39, 0.29) is 42.5 Å². The molecule has 0 saturated carbocycles. The van der Waals surface area contributed by atoms with Crippen molar-refractivity contribution >= 4 is 54.3 Å². The summed E-state index contributed by atoms with van der Waals surface area (Å²) in [6, 6.07) is 39.4. The van der Waals surface area contributed by atoms with E-state index in [9.17, 15) is 14.9 Å². The molecule has 0 saturated heterocycles. The third-order valence-corrected chi connectivity index (χ3v) is 10.2. The molecule has 0 fully saturated rings. The van der Waals surface area contributed by atoms with Crippen molar-refractivity contribution in [3.05, 3.63) is 165 Å². The molecule has 2 aromatic heterocycles. The van der Waals surface area contributed by atoms with Crippen LogP contribution in [-0.2, 0) is 13.2 Å². The number of ether oxygens (including phenoxy) is 3. The summed E-state index contributed by atoms with van der Waals surface area (Å²) in [5, 5.41) is 17.9. The van der Waals surface area contributed by atoms with Crippen LogP contribution in [0.5, 0.6) is 17.2 Å². The zero-order valence-electron chi connectivity index (χ0n) is 27.1. The SMILES string of the molecule is CC(Oc1csc2ccccc12)(Oc1csc2ccccc12)N(CC(=O)c1ccc(OCc2ccccc2)c([N+](=O)[O-])c1)Cc1ccccc1. The van der Waals surface area contributed by atoms with Crippen molar-refractivity contribution < 1.29 is 23.9 Å². The number of benzene rings is 5. The molecule has 0 unspecified atom stereocenters. The van der Waals surface area contributed by atoms with Crippen LogP contribution in [0.1, 0.15) is 28.4 Å². The molecule has 10 heteroatoms. The van der Waals surface area contributed by atoms with Gasteiger partial charge in [0.2, 0.25) is 0 Å². The van der Waals surface area contributed by atoms with Crippen molar-refractivity contribution in [3.8, 4) is 17.2 Å². The van der Waals surface area contributed by atoms with E-state index in [2.05, 4.69) is 0 Å². The van der Waals surface area contributed by atoms with Crippen LogP contribution in [0.15, 0.2) is 138 Å². The number of nitro benzene ring substituents is 1. The van der Waals surface area contributed by atoms with Crippen LogP contribution in [0.25, 0.3) is 20.2 Å². The number of ketones is 1. The Labute approximate surface area is 296 Å². The van der Waals surface area contributed by atoms with E-state index >= 15 is 0 Å². The average Bonchev–Trinajstić information content (AvgIpc) is 3.74. The molecular weight excluding hydrogens is 669 g/mol. The van der Waals surface area contributed by atoms with Gasteiger partial charge in [-0.2, -0.15) is 0 Å². The van der Waals surface area contributed by atoms with E-state index in [0.29, 0.717) is 11.5 Å². The number of Topliss-reactive ketones (excluding diaryl/α,β-unsaturated/α-hetero) is 1. The van der Waals surface area contributed by atoms with Gasteiger partial charge in [0, 0.05) is 56.0 Å². The van der Waals surface area contributed by atoms with Crippen molar-refractivity contribution in [2.75, 3.05) is 6.54 Å². The highest BCUT2D eigenvalue weighted by molar-refractivity contribution is 7.17. The van der Waals surface area contributed by atoms with Crippen LogP contribution in [0.3, 0.4) is 0 Å². The molecule has 0 aliphatic carbocycles. The van der Waals surface area contributed by atoms with E-state index in [0.717, 1.165) is 31.3 Å². The number of hydrogen-bond acceptors (Lipinski definition) is 9. The smallest absolute Gasteiger partial charge is 0.313 e. The lowest BCUT2D eigenvalue weighted by Gasteiger charge is -2.40. The van der Waals surface area contributed by atoms with Crippen LogP contribution >= 0.6 is 22.7 Å². The number of carbonyl (C=O) groups excluding carboxylic acids is 1. The maximum atomic E-state index is 14.2. The number of nitro groups is 1. The second kappa shape index (κ2) is 14.5.